The van der Waals surface area contributed by atoms with Gasteiger partial charge in [0.15, 0.2) is 0 Å². The molecule has 116 valence electrons. The van der Waals surface area contributed by atoms with Crippen LogP contribution < -0.4 is 4.74 Å². The quantitative estimate of drug-likeness (QED) is 0.861. The second-order valence-electron chi connectivity index (χ2n) is 5.50. The Hall–Kier alpha value is -2.37. The summed E-state index contributed by atoms with van der Waals surface area (Å²) in [5, 5.41) is 0. The smallest absolute Gasteiger partial charge is 0.242 e. The highest BCUT2D eigenvalue weighted by Crippen LogP contribution is 2.17. The molecular formula is C16H20N4O2. The molecule has 1 amide bonds. The summed E-state index contributed by atoms with van der Waals surface area (Å²) >= 11 is 0. The molecule has 6 heteroatoms. The molecule has 0 spiro atoms. The zero-order chi connectivity index (χ0) is 15.4. The van der Waals surface area contributed by atoms with Crippen LogP contribution in [0, 0.1) is 6.92 Å². The van der Waals surface area contributed by atoms with E-state index in [1.807, 2.05) is 40.9 Å². The summed E-state index contributed by atoms with van der Waals surface area (Å²) in [4.78, 5) is 22.4. The summed E-state index contributed by atoms with van der Waals surface area (Å²) in [6.07, 6.45) is 7.30. The van der Waals surface area contributed by atoms with Crippen molar-refractivity contribution in [2.75, 3.05) is 13.1 Å². The van der Waals surface area contributed by atoms with Gasteiger partial charge in [0.1, 0.15) is 18.5 Å². The number of likely N-dealkylation sites (tertiary alicyclic amines) is 1. The van der Waals surface area contributed by atoms with E-state index >= 15 is 0 Å². The Morgan fingerprint density at radius 2 is 2.05 bits per heavy atom. The Bertz CT molecular complexity index is 619. The van der Waals surface area contributed by atoms with Gasteiger partial charge in [0, 0.05) is 50.6 Å². The van der Waals surface area contributed by atoms with E-state index in [9.17, 15) is 4.79 Å². The van der Waals surface area contributed by atoms with Crippen molar-refractivity contribution < 1.29 is 9.53 Å². The lowest BCUT2D eigenvalue weighted by atomic mass is 10.1. The van der Waals surface area contributed by atoms with Gasteiger partial charge in [-0.3, -0.25) is 4.79 Å². The van der Waals surface area contributed by atoms with Gasteiger partial charge in [-0.05, 0) is 19.1 Å². The topological polar surface area (TPSA) is 60.2 Å². The molecule has 6 nitrogen and oxygen atoms in total. The first-order valence-corrected chi connectivity index (χ1v) is 7.55. The minimum absolute atomic E-state index is 0.116. The molecule has 2 aromatic rings. The first-order chi connectivity index (χ1) is 10.7. The van der Waals surface area contributed by atoms with E-state index in [0.29, 0.717) is 18.2 Å². The third-order valence-corrected chi connectivity index (χ3v) is 3.82. The van der Waals surface area contributed by atoms with E-state index in [0.717, 1.165) is 25.9 Å². The lowest BCUT2D eigenvalue weighted by molar-refractivity contribution is -0.133. The number of carbonyl (C=O) groups excluding carboxylic acids is 1. The number of piperidine rings is 1. The first kappa shape index (κ1) is 14.6. The van der Waals surface area contributed by atoms with Crippen molar-refractivity contribution in [1.82, 2.24) is 19.4 Å². The third-order valence-electron chi connectivity index (χ3n) is 3.82. The van der Waals surface area contributed by atoms with Gasteiger partial charge in [-0.25, -0.2) is 4.98 Å². The number of carbonyl (C=O) groups is 1. The molecule has 0 N–H and O–H groups in total. The lowest BCUT2D eigenvalue weighted by Gasteiger charge is -2.32. The van der Waals surface area contributed by atoms with Gasteiger partial charge in [-0.15, -0.1) is 0 Å². The van der Waals surface area contributed by atoms with Crippen molar-refractivity contribution in [1.29, 1.82) is 0 Å². The zero-order valence-corrected chi connectivity index (χ0v) is 12.7. The molecule has 0 saturated carbocycles. The maximum Gasteiger partial charge on any atom is 0.242 e. The molecule has 0 atom stereocenters. The highest BCUT2D eigenvalue weighted by molar-refractivity contribution is 5.76. The van der Waals surface area contributed by atoms with E-state index in [2.05, 4.69) is 9.97 Å². The number of ether oxygens (including phenoxy) is 1. The van der Waals surface area contributed by atoms with E-state index in [-0.39, 0.29) is 12.0 Å². The predicted octanol–water partition coefficient (Wildman–Crippen LogP) is 1.66. The summed E-state index contributed by atoms with van der Waals surface area (Å²) in [6, 6.07) is 5.63. The van der Waals surface area contributed by atoms with Crippen LogP contribution in [0.2, 0.25) is 0 Å². The molecule has 0 unspecified atom stereocenters. The number of amides is 1. The largest absolute Gasteiger partial charge is 0.474 e. The minimum atomic E-state index is 0.116. The first-order valence-electron chi connectivity index (χ1n) is 7.55. The molecule has 0 aromatic carbocycles. The molecule has 22 heavy (non-hydrogen) atoms. The van der Waals surface area contributed by atoms with Gasteiger partial charge in [0.25, 0.3) is 0 Å². The van der Waals surface area contributed by atoms with E-state index in [1.165, 1.54) is 0 Å². The average molecular weight is 300 g/mol. The van der Waals surface area contributed by atoms with Crippen molar-refractivity contribution >= 4 is 5.91 Å². The summed E-state index contributed by atoms with van der Waals surface area (Å²) in [5.41, 5.74) is 0. The van der Waals surface area contributed by atoms with Gasteiger partial charge in [-0.2, -0.15) is 4.98 Å². The summed E-state index contributed by atoms with van der Waals surface area (Å²) in [7, 11) is 0. The standard InChI is InChI=1S/C16H20N4O2/c1-13-17-7-4-15(18-13)22-14-5-10-20(11-6-14)16(21)12-19-8-2-3-9-19/h2-4,7-9,14H,5-6,10-12H2,1H3. The molecule has 1 aliphatic heterocycles. The Morgan fingerprint density at radius 3 is 2.73 bits per heavy atom. The van der Waals surface area contributed by atoms with E-state index < -0.39 is 0 Å². The molecule has 0 aliphatic carbocycles. The van der Waals surface area contributed by atoms with Crippen LogP contribution in [0.3, 0.4) is 0 Å². The third kappa shape index (κ3) is 3.63. The molecule has 1 aliphatic rings. The number of hydrogen-bond donors (Lipinski definition) is 0. The molecule has 2 aromatic heterocycles. The fraction of sp³-hybridized carbons (Fsp3) is 0.438. The van der Waals surface area contributed by atoms with Crippen LogP contribution in [0.1, 0.15) is 18.7 Å². The summed E-state index contributed by atoms with van der Waals surface area (Å²) < 4.78 is 7.77. The van der Waals surface area contributed by atoms with Crippen LogP contribution in [0.25, 0.3) is 0 Å². The van der Waals surface area contributed by atoms with Crippen molar-refractivity contribution in [3.05, 3.63) is 42.6 Å². The van der Waals surface area contributed by atoms with Gasteiger partial charge in [-0.1, -0.05) is 0 Å². The number of hydrogen-bond acceptors (Lipinski definition) is 4. The van der Waals surface area contributed by atoms with Crippen LogP contribution in [0.15, 0.2) is 36.8 Å². The van der Waals surface area contributed by atoms with Crippen LogP contribution in [0.4, 0.5) is 0 Å². The second kappa shape index (κ2) is 6.60. The van der Waals surface area contributed by atoms with Crippen LogP contribution in [-0.2, 0) is 11.3 Å². The summed E-state index contributed by atoms with van der Waals surface area (Å²) in [6.45, 7) is 3.71. The number of aromatic nitrogens is 3. The van der Waals surface area contributed by atoms with Crippen molar-refractivity contribution in [3.63, 3.8) is 0 Å². The highest BCUT2D eigenvalue weighted by atomic mass is 16.5. The normalized spacial score (nSPS) is 15.8. The monoisotopic (exact) mass is 300 g/mol. The van der Waals surface area contributed by atoms with Crippen LogP contribution >= 0.6 is 0 Å². The van der Waals surface area contributed by atoms with Gasteiger partial charge in [0.2, 0.25) is 11.8 Å². The van der Waals surface area contributed by atoms with E-state index in [1.54, 1.807) is 12.3 Å². The van der Waals surface area contributed by atoms with Crippen molar-refractivity contribution in [2.24, 2.45) is 0 Å². The maximum absolute atomic E-state index is 12.2. The molecule has 1 fully saturated rings. The average Bonchev–Trinajstić information content (AvgIpc) is 3.01. The van der Waals surface area contributed by atoms with Crippen molar-refractivity contribution in [3.8, 4) is 5.88 Å². The Morgan fingerprint density at radius 1 is 1.32 bits per heavy atom. The second-order valence-corrected chi connectivity index (χ2v) is 5.50. The SMILES string of the molecule is Cc1nccc(OC2CCN(C(=O)Cn3cccc3)CC2)n1. The lowest BCUT2D eigenvalue weighted by Crippen LogP contribution is -2.43. The number of aryl methyl sites for hydroxylation is 1. The molecule has 1 saturated heterocycles. The fourth-order valence-corrected chi connectivity index (χ4v) is 2.63. The number of nitrogens with zero attached hydrogens (tertiary/aromatic N) is 4. The zero-order valence-electron chi connectivity index (χ0n) is 12.7. The molecular weight excluding hydrogens is 280 g/mol. The Labute approximate surface area is 129 Å². The molecule has 0 radical (unpaired) electrons. The molecule has 3 rings (SSSR count). The van der Waals surface area contributed by atoms with Crippen LogP contribution in [0.5, 0.6) is 5.88 Å². The Balaban J connectivity index is 1.49. The highest BCUT2D eigenvalue weighted by Gasteiger charge is 2.24. The van der Waals surface area contributed by atoms with E-state index in [4.69, 9.17) is 4.74 Å². The predicted molar refractivity (Wildman–Crippen MR) is 81.4 cm³/mol. The van der Waals surface area contributed by atoms with Crippen LogP contribution in [-0.4, -0.2) is 44.5 Å². The van der Waals surface area contributed by atoms with Crippen molar-refractivity contribution in [2.45, 2.75) is 32.4 Å². The number of rotatable bonds is 4. The fourth-order valence-electron chi connectivity index (χ4n) is 2.63. The van der Waals surface area contributed by atoms with Gasteiger partial charge >= 0.3 is 0 Å². The minimum Gasteiger partial charge on any atom is -0.474 e. The van der Waals surface area contributed by atoms with Gasteiger partial charge < -0.3 is 14.2 Å². The van der Waals surface area contributed by atoms with Gasteiger partial charge in [0.05, 0.1) is 0 Å². The summed E-state index contributed by atoms with van der Waals surface area (Å²) in [5.74, 6) is 1.48. The Kier molecular flexibility index (Phi) is 4.37. The molecule has 3 heterocycles. The maximum atomic E-state index is 12.2. The molecule has 0 bridgehead atoms.